The van der Waals surface area contributed by atoms with E-state index in [1.807, 2.05) is 30.3 Å². The van der Waals surface area contributed by atoms with E-state index in [1.54, 1.807) is 0 Å². The van der Waals surface area contributed by atoms with Gasteiger partial charge in [0.25, 0.3) is 0 Å². The summed E-state index contributed by atoms with van der Waals surface area (Å²) in [4.78, 5) is 13.7. The molecule has 0 aromatic heterocycles. The first kappa shape index (κ1) is 28.9. The van der Waals surface area contributed by atoms with Crippen molar-refractivity contribution < 1.29 is 40.6 Å². The zero-order valence-electron chi connectivity index (χ0n) is 22.2. The lowest BCUT2D eigenvalue weighted by atomic mass is 9.77. The predicted molar refractivity (Wildman–Crippen MR) is 144 cm³/mol. The number of carbonyl (C=O) groups excluding carboxylic acids is 1. The Balaban J connectivity index is 1.37. The molecule has 41 heavy (non-hydrogen) atoms. The van der Waals surface area contributed by atoms with E-state index >= 15 is 0 Å². The number of sulfone groups is 1. The number of halogens is 3. The van der Waals surface area contributed by atoms with Crippen molar-refractivity contribution in [1.82, 2.24) is 5.32 Å². The van der Waals surface area contributed by atoms with Gasteiger partial charge in [-0.05, 0) is 105 Å². The Morgan fingerprint density at radius 1 is 0.805 bits per heavy atom. The Morgan fingerprint density at radius 2 is 1.39 bits per heavy atom. The molecule has 2 fully saturated rings. The molecule has 1 aliphatic heterocycles. The number of piperidine rings is 1. The summed E-state index contributed by atoms with van der Waals surface area (Å²) in [6, 6.07) is 19.6. The van der Waals surface area contributed by atoms with Crippen LogP contribution in [-0.2, 0) is 26.0 Å². The Hall–Kier alpha value is -3.57. The van der Waals surface area contributed by atoms with Crippen LogP contribution in [0.15, 0.2) is 83.8 Å². The molecule has 0 radical (unpaired) electrons. The molecule has 11 heteroatoms. The molecule has 3 aromatic rings. The summed E-state index contributed by atoms with van der Waals surface area (Å²) in [7, 11) is -4.17. The summed E-state index contributed by atoms with van der Waals surface area (Å²) < 4.78 is 79.1. The third-order valence-corrected chi connectivity index (χ3v) is 10.3. The first-order chi connectivity index (χ1) is 19.5. The number of alkyl halides is 3. The predicted octanol–water partition coefficient (Wildman–Crippen LogP) is 6.19. The highest BCUT2D eigenvalue weighted by atomic mass is 32.2. The molecule has 218 valence electrons. The molecule has 1 heterocycles. The van der Waals surface area contributed by atoms with Gasteiger partial charge in [-0.3, -0.25) is 4.79 Å². The second-order valence-corrected chi connectivity index (χ2v) is 12.8. The number of ether oxygens (including phenoxy) is 3. The van der Waals surface area contributed by atoms with E-state index in [4.69, 9.17) is 9.47 Å². The lowest BCUT2D eigenvalue weighted by Gasteiger charge is -2.36. The maximum Gasteiger partial charge on any atom is 0.573 e. The normalized spacial score (nSPS) is 20.5. The van der Waals surface area contributed by atoms with E-state index in [-0.39, 0.29) is 47.0 Å². The molecule has 2 aliphatic rings. The smallest absolute Gasteiger partial charge is 0.460 e. The summed E-state index contributed by atoms with van der Waals surface area (Å²) in [5.74, 6) is -0.618. The molecule has 5 rings (SSSR count). The zero-order chi connectivity index (χ0) is 29.1. The third-order valence-electron chi connectivity index (χ3n) is 7.91. The number of hydrogen-bond donors (Lipinski definition) is 1. The number of benzene rings is 3. The molecule has 7 nitrogen and oxygen atoms in total. The molecule has 0 bridgehead atoms. The molecule has 3 aromatic carbocycles. The zero-order valence-corrected chi connectivity index (χ0v) is 23.0. The number of nitrogens with one attached hydrogen (secondary N) is 1. The van der Waals surface area contributed by atoms with Gasteiger partial charge in [-0.25, -0.2) is 8.42 Å². The fourth-order valence-electron chi connectivity index (χ4n) is 5.76. The minimum atomic E-state index is -4.80. The topological polar surface area (TPSA) is 90.9 Å². The Labute approximate surface area is 236 Å². The van der Waals surface area contributed by atoms with Gasteiger partial charge in [0.2, 0.25) is 0 Å². The van der Waals surface area contributed by atoms with Crippen LogP contribution in [0.3, 0.4) is 0 Å². The minimum absolute atomic E-state index is 0.0227. The second kappa shape index (κ2) is 11.4. The van der Waals surface area contributed by atoms with E-state index in [9.17, 15) is 26.4 Å². The van der Waals surface area contributed by atoms with Gasteiger partial charge in [0.1, 0.15) is 23.9 Å². The monoisotopic (exact) mass is 589 g/mol. The van der Waals surface area contributed by atoms with Crippen LogP contribution >= 0.6 is 0 Å². The van der Waals surface area contributed by atoms with Crippen molar-refractivity contribution in [1.29, 1.82) is 0 Å². The quantitative estimate of drug-likeness (QED) is 0.314. The molecular weight excluding hydrogens is 559 g/mol. The van der Waals surface area contributed by atoms with Crippen LogP contribution in [0.2, 0.25) is 0 Å². The van der Waals surface area contributed by atoms with Gasteiger partial charge in [-0.2, -0.15) is 0 Å². The van der Waals surface area contributed by atoms with Gasteiger partial charge in [0.15, 0.2) is 14.6 Å². The molecule has 1 aliphatic carbocycles. The molecule has 1 N–H and O–H groups in total. The van der Waals surface area contributed by atoms with Gasteiger partial charge in [-0.1, -0.05) is 30.3 Å². The SMILES string of the molecule is O=C(OCc1ccccc1)C1(S(=O)(=O)c2ccc(Oc3ccc(OC(F)(F)F)cc3)cc2)CCC2(CCNCC2)C1. The summed E-state index contributed by atoms with van der Waals surface area (Å²) in [5, 5.41) is 3.31. The molecule has 1 atom stereocenters. The van der Waals surface area contributed by atoms with Gasteiger partial charge >= 0.3 is 12.3 Å². The molecule has 1 saturated heterocycles. The second-order valence-electron chi connectivity index (χ2n) is 10.6. The van der Waals surface area contributed by atoms with Crippen LogP contribution in [-0.4, -0.2) is 38.6 Å². The first-order valence-electron chi connectivity index (χ1n) is 13.3. The first-order valence-corrected chi connectivity index (χ1v) is 14.8. The third kappa shape index (κ3) is 6.36. The van der Waals surface area contributed by atoms with E-state index in [0.717, 1.165) is 43.6 Å². The maximum absolute atomic E-state index is 14.2. The van der Waals surface area contributed by atoms with E-state index in [0.29, 0.717) is 6.42 Å². The molecule has 0 amide bonds. The summed E-state index contributed by atoms with van der Waals surface area (Å²) in [6.45, 7) is 1.51. The summed E-state index contributed by atoms with van der Waals surface area (Å²) in [5.41, 5.74) is 0.511. The molecule has 1 saturated carbocycles. The van der Waals surface area contributed by atoms with Crippen LogP contribution in [0.25, 0.3) is 0 Å². The fraction of sp³-hybridized carbons (Fsp3) is 0.367. The average molecular weight is 590 g/mol. The number of hydrogen-bond acceptors (Lipinski definition) is 7. The highest BCUT2D eigenvalue weighted by molar-refractivity contribution is 7.93. The van der Waals surface area contributed by atoms with Gasteiger partial charge in [0, 0.05) is 0 Å². The van der Waals surface area contributed by atoms with Crippen molar-refractivity contribution >= 4 is 15.8 Å². The van der Waals surface area contributed by atoms with Crippen molar-refractivity contribution in [2.24, 2.45) is 5.41 Å². The molecular formula is C30H30F3NO6S. The van der Waals surface area contributed by atoms with Crippen LogP contribution in [0.5, 0.6) is 17.2 Å². The fourth-order valence-corrected chi connectivity index (χ4v) is 7.85. The molecule has 1 unspecified atom stereocenters. The van der Waals surface area contributed by atoms with Crippen molar-refractivity contribution in [2.45, 2.75) is 54.7 Å². The van der Waals surface area contributed by atoms with Crippen molar-refractivity contribution in [3.63, 3.8) is 0 Å². The Morgan fingerprint density at radius 3 is 2.00 bits per heavy atom. The summed E-state index contributed by atoms with van der Waals surface area (Å²) >= 11 is 0. The average Bonchev–Trinajstić information content (AvgIpc) is 3.33. The van der Waals surface area contributed by atoms with Crippen LogP contribution in [0.1, 0.15) is 37.7 Å². The lowest BCUT2D eigenvalue weighted by molar-refractivity contribution is -0.274. The number of rotatable bonds is 8. The Bertz CT molecular complexity index is 1450. The van der Waals surface area contributed by atoms with Gasteiger partial charge < -0.3 is 19.5 Å². The van der Waals surface area contributed by atoms with E-state index in [1.165, 1.54) is 36.4 Å². The van der Waals surface area contributed by atoms with Gasteiger partial charge in [-0.15, -0.1) is 13.2 Å². The van der Waals surface area contributed by atoms with Crippen molar-refractivity contribution in [3.05, 3.63) is 84.4 Å². The van der Waals surface area contributed by atoms with E-state index in [2.05, 4.69) is 10.1 Å². The number of esters is 1. The van der Waals surface area contributed by atoms with E-state index < -0.39 is 26.9 Å². The largest absolute Gasteiger partial charge is 0.573 e. The maximum atomic E-state index is 14.2. The summed E-state index contributed by atoms with van der Waals surface area (Å²) in [6.07, 6.45) is -2.24. The van der Waals surface area contributed by atoms with Crippen LogP contribution in [0.4, 0.5) is 13.2 Å². The highest BCUT2D eigenvalue weighted by Crippen LogP contribution is 2.54. The lowest BCUT2D eigenvalue weighted by Crippen LogP contribution is -2.47. The molecule has 1 spiro atoms. The van der Waals surface area contributed by atoms with Crippen LogP contribution < -0.4 is 14.8 Å². The highest BCUT2D eigenvalue weighted by Gasteiger charge is 2.61. The van der Waals surface area contributed by atoms with Crippen molar-refractivity contribution in [2.75, 3.05) is 13.1 Å². The van der Waals surface area contributed by atoms with Gasteiger partial charge in [0.05, 0.1) is 4.90 Å². The van der Waals surface area contributed by atoms with Crippen LogP contribution in [0, 0.1) is 5.41 Å². The standard InChI is InChI=1S/C30H30F3NO6S/c31-30(32,33)40-25-8-6-23(7-9-25)39-24-10-12-26(13-11-24)41(36,37)29(15-14-28(21-29)16-18-34-19-17-28)27(35)38-20-22-4-2-1-3-5-22/h1-13,34H,14-21H2. The number of carbonyl (C=O) groups is 1. The minimum Gasteiger partial charge on any atom is -0.460 e. The van der Waals surface area contributed by atoms with Crippen molar-refractivity contribution in [3.8, 4) is 17.2 Å². The Kier molecular flexibility index (Phi) is 8.02.